The van der Waals surface area contributed by atoms with Crippen LogP contribution in [0.3, 0.4) is 0 Å². The molecule has 0 radical (unpaired) electrons. The minimum atomic E-state index is -0.944. The van der Waals surface area contributed by atoms with E-state index in [0.29, 0.717) is 26.2 Å². The van der Waals surface area contributed by atoms with Crippen LogP contribution in [0, 0.1) is 0 Å². The molecule has 46 heavy (non-hydrogen) atoms. The van der Waals surface area contributed by atoms with Gasteiger partial charge in [-0.1, -0.05) is 0 Å². The second kappa shape index (κ2) is 35.3. The molecule has 18 nitrogen and oxygen atoms in total. The lowest BCUT2D eigenvalue weighted by Gasteiger charge is -2.21. The minimum Gasteiger partial charge on any atom is -0.481 e. The van der Waals surface area contributed by atoms with Crippen LogP contribution < -0.4 is 0 Å². The first-order valence-electron chi connectivity index (χ1n) is 14.9. The average Bonchev–Trinajstić information content (AvgIpc) is 3.03. The van der Waals surface area contributed by atoms with E-state index in [1.807, 2.05) is 0 Å². The van der Waals surface area contributed by atoms with Crippen molar-refractivity contribution >= 4 is 24.9 Å². The maximum Gasteiger partial charge on any atom is 0.305 e. The van der Waals surface area contributed by atoms with Crippen LogP contribution in [0.5, 0.6) is 0 Å². The highest BCUT2D eigenvalue weighted by molar-refractivity contribution is 5.67. The van der Waals surface area contributed by atoms with Crippen LogP contribution in [0.1, 0.15) is 12.8 Å². The number of carbonyl (C=O) groups excluding carboxylic acids is 2. The quantitative estimate of drug-likeness (QED) is 0.0601. The van der Waals surface area contributed by atoms with Gasteiger partial charge in [-0.25, -0.2) is 0 Å². The van der Waals surface area contributed by atoms with Gasteiger partial charge in [-0.15, -0.1) is 0 Å². The van der Waals surface area contributed by atoms with Crippen molar-refractivity contribution in [3.63, 3.8) is 0 Å². The Kier molecular flexibility index (Phi) is 33.4. The van der Waals surface area contributed by atoms with Gasteiger partial charge in [0.2, 0.25) is 0 Å². The Balaban J connectivity index is 4.54. The summed E-state index contributed by atoms with van der Waals surface area (Å²) < 4.78 is 64.3. The Morgan fingerprint density at radius 3 is 1.00 bits per heavy atom. The van der Waals surface area contributed by atoms with Crippen LogP contribution in [-0.4, -0.2) is 179 Å². The number of carbonyl (C=O) groups is 4. The Hall–Kier alpha value is -2.52. The summed E-state index contributed by atoms with van der Waals surface area (Å²) in [5.74, 6) is -1.89. The van der Waals surface area contributed by atoms with Crippen molar-refractivity contribution in [3.8, 4) is 0 Å². The molecule has 0 aromatic carbocycles. The smallest absolute Gasteiger partial charge is 0.305 e. The van der Waals surface area contributed by atoms with Crippen molar-refractivity contribution in [2.24, 2.45) is 0 Å². The number of hydrogen-bond donors (Lipinski definition) is 2. The third-order valence-electron chi connectivity index (χ3n) is 5.24. The molecule has 0 atom stereocenters. The van der Waals surface area contributed by atoms with Crippen molar-refractivity contribution in [2.75, 3.05) is 132 Å². The molecular weight excluding hydrogens is 624 g/mol. The lowest BCUT2D eigenvalue weighted by atomic mass is 10.4. The number of carboxylic acid groups (broad SMARTS) is 2. The number of rotatable bonds is 39. The highest BCUT2D eigenvalue weighted by atomic mass is 16.6. The van der Waals surface area contributed by atoms with Crippen molar-refractivity contribution in [1.29, 1.82) is 0 Å². The van der Waals surface area contributed by atoms with E-state index in [9.17, 15) is 19.2 Å². The van der Waals surface area contributed by atoms with Gasteiger partial charge in [0.05, 0.1) is 132 Å². The third kappa shape index (κ3) is 34.4. The zero-order valence-corrected chi connectivity index (χ0v) is 26.3. The number of aliphatic carboxylic acids is 2. The van der Waals surface area contributed by atoms with Gasteiger partial charge in [0.15, 0.2) is 0 Å². The molecule has 0 aromatic heterocycles. The number of ether oxygens (including phenoxy) is 12. The predicted octanol–water partition coefficient (Wildman–Crippen LogP) is -0.815. The first kappa shape index (κ1) is 43.5. The zero-order valence-electron chi connectivity index (χ0n) is 26.3. The highest BCUT2D eigenvalue weighted by Crippen LogP contribution is 2.01. The summed E-state index contributed by atoms with van der Waals surface area (Å²) in [5, 5.41) is 17.3. The molecule has 0 amide bonds. The van der Waals surface area contributed by atoms with E-state index >= 15 is 0 Å². The van der Waals surface area contributed by atoms with E-state index < -0.39 is 24.1 Å². The molecular formula is C28H50O18. The lowest BCUT2D eigenvalue weighted by Crippen LogP contribution is -2.31. The first-order chi connectivity index (χ1) is 22.5. The first-order valence-corrected chi connectivity index (χ1v) is 14.9. The molecule has 0 spiro atoms. The average molecular weight is 675 g/mol. The highest BCUT2D eigenvalue weighted by Gasteiger charge is 2.14. The zero-order chi connectivity index (χ0) is 33.8. The fourth-order valence-corrected chi connectivity index (χ4v) is 3.09. The molecule has 0 saturated heterocycles. The summed E-state index contributed by atoms with van der Waals surface area (Å²) in [7, 11) is 0. The lowest BCUT2D eigenvalue weighted by molar-refractivity contribution is -0.139. The van der Waals surface area contributed by atoms with E-state index in [0.717, 1.165) is 0 Å². The van der Waals surface area contributed by atoms with Crippen LogP contribution >= 0.6 is 0 Å². The van der Waals surface area contributed by atoms with Crippen LogP contribution in [0.2, 0.25) is 0 Å². The van der Waals surface area contributed by atoms with E-state index in [2.05, 4.69) is 9.47 Å². The molecule has 0 bridgehead atoms. The molecule has 0 fully saturated rings. The Bertz CT molecular complexity index is 660. The van der Waals surface area contributed by atoms with E-state index in [-0.39, 0.29) is 132 Å². The molecule has 0 rings (SSSR count). The molecule has 0 aliphatic heterocycles. The SMILES string of the molecule is O=COCCOCCOCC(COCCOCCOC=O)OCCOC(COCCOCCC(=O)O)COCCOCCC(=O)O. The summed E-state index contributed by atoms with van der Waals surface area (Å²) in [6, 6.07) is 0. The molecule has 0 heterocycles. The van der Waals surface area contributed by atoms with Crippen molar-refractivity contribution in [2.45, 2.75) is 25.0 Å². The van der Waals surface area contributed by atoms with Gasteiger partial charge in [0.1, 0.15) is 25.4 Å². The molecule has 0 aliphatic rings. The van der Waals surface area contributed by atoms with Gasteiger partial charge < -0.3 is 67.1 Å². The third-order valence-corrected chi connectivity index (χ3v) is 5.24. The normalized spacial score (nSPS) is 11.3. The van der Waals surface area contributed by atoms with Gasteiger partial charge in [0, 0.05) is 0 Å². The van der Waals surface area contributed by atoms with E-state index in [4.69, 9.17) is 57.6 Å². The maximum absolute atomic E-state index is 10.6. The summed E-state index contributed by atoms with van der Waals surface area (Å²) in [6.07, 6.45) is -1.09. The Morgan fingerprint density at radius 1 is 0.413 bits per heavy atom. The van der Waals surface area contributed by atoms with Crippen LogP contribution in [0.15, 0.2) is 0 Å². The van der Waals surface area contributed by atoms with Crippen molar-refractivity contribution in [1.82, 2.24) is 0 Å². The minimum absolute atomic E-state index is 0.0856. The predicted molar refractivity (Wildman–Crippen MR) is 155 cm³/mol. The topological polar surface area (TPSA) is 219 Å². The second-order valence-electron chi connectivity index (χ2n) is 8.96. The fraction of sp³-hybridized carbons (Fsp3) is 0.857. The van der Waals surface area contributed by atoms with Crippen molar-refractivity contribution in [3.05, 3.63) is 0 Å². The monoisotopic (exact) mass is 674 g/mol. The number of carboxylic acids is 2. The summed E-state index contributed by atoms with van der Waals surface area (Å²) in [5.41, 5.74) is 0. The number of hydrogen-bond acceptors (Lipinski definition) is 16. The molecule has 270 valence electrons. The van der Waals surface area contributed by atoms with Crippen molar-refractivity contribution < 1.29 is 86.2 Å². The Labute approximate surface area is 268 Å². The summed E-state index contributed by atoms with van der Waals surface area (Å²) >= 11 is 0. The fourth-order valence-electron chi connectivity index (χ4n) is 3.09. The van der Waals surface area contributed by atoms with Gasteiger partial charge in [-0.3, -0.25) is 19.2 Å². The molecule has 2 N–H and O–H groups in total. The molecule has 0 saturated carbocycles. The van der Waals surface area contributed by atoms with E-state index in [1.54, 1.807) is 0 Å². The molecule has 18 heteroatoms. The van der Waals surface area contributed by atoms with Crippen LogP contribution in [0.4, 0.5) is 0 Å². The van der Waals surface area contributed by atoms with Gasteiger partial charge in [-0.2, -0.15) is 0 Å². The van der Waals surface area contributed by atoms with Crippen LogP contribution in [0.25, 0.3) is 0 Å². The van der Waals surface area contributed by atoms with Gasteiger partial charge in [-0.05, 0) is 0 Å². The van der Waals surface area contributed by atoms with Gasteiger partial charge >= 0.3 is 11.9 Å². The maximum atomic E-state index is 10.6. The molecule has 0 aliphatic carbocycles. The Morgan fingerprint density at radius 2 is 0.696 bits per heavy atom. The summed E-state index contributed by atoms with van der Waals surface area (Å²) in [6.45, 7) is 4.92. The van der Waals surface area contributed by atoms with Crippen LogP contribution in [-0.2, 0) is 76.0 Å². The molecule has 0 aromatic rings. The largest absolute Gasteiger partial charge is 0.481 e. The standard InChI is InChI=1S/C28H50O18/c29-23-43-15-9-37-7-13-41-21-26(22-42-14-8-38-10-16-44-24-30)46-18-17-45-25(19-39-11-5-35-3-1-27(31)32)20-40-12-6-36-4-2-28(33)34/h23-26H,1-22H2,(H,31,32)(H,33,34). The molecule has 0 unspecified atom stereocenters. The van der Waals surface area contributed by atoms with E-state index in [1.165, 1.54) is 0 Å². The summed E-state index contributed by atoms with van der Waals surface area (Å²) in [4.78, 5) is 41.4. The second-order valence-corrected chi connectivity index (χ2v) is 8.96. The van der Waals surface area contributed by atoms with Gasteiger partial charge in [0.25, 0.3) is 12.9 Å².